The van der Waals surface area contributed by atoms with Gasteiger partial charge in [-0.3, -0.25) is 0 Å². The van der Waals surface area contributed by atoms with Crippen LogP contribution < -0.4 is 4.74 Å². The van der Waals surface area contributed by atoms with Crippen LogP contribution in [0.25, 0.3) is 0 Å². The molecule has 0 aliphatic heterocycles. The smallest absolute Gasteiger partial charge is 0.120 e. The van der Waals surface area contributed by atoms with Gasteiger partial charge in [0.2, 0.25) is 0 Å². The van der Waals surface area contributed by atoms with Gasteiger partial charge in [-0.1, -0.05) is 36.4 Å². The molecule has 1 atom stereocenters. The highest BCUT2D eigenvalue weighted by Gasteiger charge is 2.23. The van der Waals surface area contributed by atoms with Crippen molar-refractivity contribution in [2.75, 3.05) is 0 Å². The Balaban J connectivity index is 1.72. The Morgan fingerprint density at radius 3 is 2.70 bits per heavy atom. The lowest BCUT2D eigenvalue weighted by Gasteiger charge is -2.14. The largest absolute Gasteiger partial charge is 0.490 e. The Hall–Kier alpha value is -1.80. The normalized spacial score (nSPS) is 15.9. The van der Waals surface area contributed by atoms with Crippen molar-refractivity contribution in [1.82, 2.24) is 0 Å². The van der Waals surface area contributed by atoms with Crippen molar-refractivity contribution in [3.05, 3.63) is 65.2 Å². The molecule has 2 heteroatoms. The van der Waals surface area contributed by atoms with Gasteiger partial charge in [0, 0.05) is 6.42 Å². The van der Waals surface area contributed by atoms with Crippen molar-refractivity contribution in [1.29, 1.82) is 0 Å². The number of hydrogen-bond donors (Lipinski definition) is 1. The fourth-order valence-corrected chi connectivity index (χ4v) is 2.34. The quantitative estimate of drug-likeness (QED) is 0.893. The van der Waals surface area contributed by atoms with E-state index in [-0.39, 0.29) is 0 Å². The number of aliphatic hydroxyl groups excluding tert-OH is 1. The van der Waals surface area contributed by atoms with Crippen LogP contribution in [-0.4, -0.2) is 11.2 Å². The summed E-state index contributed by atoms with van der Waals surface area (Å²) < 4.78 is 5.78. The van der Waals surface area contributed by atoms with Crippen LogP contribution in [0.15, 0.2) is 48.5 Å². The van der Waals surface area contributed by atoms with E-state index in [0.717, 1.165) is 24.2 Å². The Labute approximate surface area is 120 Å². The lowest BCUT2D eigenvalue weighted by atomic mass is 9.98. The van der Waals surface area contributed by atoms with Crippen molar-refractivity contribution in [3.63, 3.8) is 0 Å². The number of benzene rings is 2. The summed E-state index contributed by atoms with van der Waals surface area (Å²) in [5.41, 5.74) is 3.33. The molecule has 1 N–H and O–H groups in total. The second-order valence-corrected chi connectivity index (χ2v) is 5.54. The van der Waals surface area contributed by atoms with E-state index in [1.807, 2.05) is 36.4 Å². The molecule has 1 unspecified atom stereocenters. The van der Waals surface area contributed by atoms with Crippen LogP contribution in [0.3, 0.4) is 0 Å². The van der Waals surface area contributed by atoms with Crippen molar-refractivity contribution in [3.8, 4) is 5.75 Å². The molecule has 0 saturated heterocycles. The third-order valence-corrected chi connectivity index (χ3v) is 3.74. The zero-order valence-corrected chi connectivity index (χ0v) is 11.8. The Morgan fingerprint density at radius 1 is 1.15 bits per heavy atom. The first-order chi connectivity index (χ1) is 9.72. The predicted octanol–water partition coefficient (Wildman–Crippen LogP) is 3.81. The molecule has 104 valence electrons. The molecule has 1 fully saturated rings. The number of aryl methyl sites for hydroxylation is 1. The maximum Gasteiger partial charge on any atom is 0.120 e. The minimum Gasteiger partial charge on any atom is -0.490 e. The van der Waals surface area contributed by atoms with Crippen LogP contribution >= 0.6 is 0 Å². The van der Waals surface area contributed by atoms with Gasteiger partial charge in [0.15, 0.2) is 0 Å². The summed E-state index contributed by atoms with van der Waals surface area (Å²) >= 11 is 0. The second kappa shape index (κ2) is 5.68. The summed E-state index contributed by atoms with van der Waals surface area (Å²) in [7, 11) is 0. The molecular weight excluding hydrogens is 248 g/mol. The van der Waals surface area contributed by atoms with E-state index in [1.165, 1.54) is 11.1 Å². The zero-order chi connectivity index (χ0) is 13.9. The molecule has 1 saturated carbocycles. The van der Waals surface area contributed by atoms with Crippen molar-refractivity contribution < 1.29 is 9.84 Å². The molecule has 1 aliphatic carbocycles. The number of rotatable bonds is 5. The molecule has 1 aliphatic rings. The molecule has 0 amide bonds. The maximum absolute atomic E-state index is 10.4. The lowest BCUT2D eigenvalue weighted by Crippen LogP contribution is -2.04. The third kappa shape index (κ3) is 3.20. The molecule has 0 bridgehead atoms. The zero-order valence-electron chi connectivity index (χ0n) is 11.8. The van der Waals surface area contributed by atoms with Crippen LogP contribution in [0.2, 0.25) is 0 Å². The van der Waals surface area contributed by atoms with Crippen LogP contribution in [0.1, 0.15) is 35.6 Å². The molecule has 0 spiro atoms. The standard InChI is InChI=1S/C18H20O2/c1-13-5-2-3-6-14(13)12-18(19)15-7-4-8-17(11-15)20-16-9-10-16/h2-8,11,16,18-19H,9-10,12H2,1H3. The summed E-state index contributed by atoms with van der Waals surface area (Å²) in [5, 5.41) is 10.4. The third-order valence-electron chi connectivity index (χ3n) is 3.74. The number of hydrogen-bond acceptors (Lipinski definition) is 2. The first kappa shape index (κ1) is 13.2. The molecule has 0 aromatic heterocycles. The number of ether oxygens (including phenoxy) is 1. The van der Waals surface area contributed by atoms with E-state index in [4.69, 9.17) is 4.74 Å². The summed E-state index contributed by atoms with van der Waals surface area (Å²) in [6.07, 6.45) is 2.84. The number of aliphatic hydroxyl groups is 1. The predicted molar refractivity (Wildman–Crippen MR) is 79.9 cm³/mol. The Bertz CT molecular complexity index is 587. The van der Waals surface area contributed by atoms with E-state index in [9.17, 15) is 5.11 Å². The lowest BCUT2D eigenvalue weighted by molar-refractivity contribution is 0.177. The molecule has 2 aromatic rings. The van der Waals surface area contributed by atoms with Crippen molar-refractivity contribution >= 4 is 0 Å². The van der Waals surface area contributed by atoms with Gasteiger partial charge < -0.3 is 9.84 Å². The average Bonchev–Trinajstić information content (AvgIpc) is 3.25. The van der Waals surface area contributed by atoms with Crippen molar-refractivity contribution in [2.24, 2.45) is 0 Å². The van der Waals surface area contributed by atoms with Gasteiger partial charge in [0.25, 0.3) is 0 Å². The summed E-state index contributed by atoms with van der Waals surface area (Å²) in [4.78, 5) is 0. The van der Waals surface area contributed by atoms with Crippen molar-refractivity contribution in [2.45, 2.75) is 38.4 Å². The molecular formula is C18H20O2. The summed E-state index contributed by atoms with van der Waals surface area (Å²) in [6, 6.07) is 16.0. The summed E-state index contributed by atoms with van der Waals surface area (Å²) in [5.74, 6) is 0.869. The van der Waals surface area contributed by atoms with Gasteiger partial charge in [0.1, 0.15) is 5.75 Å². The second-order valence-electron chi connectivity index (χ2n) is 5.54. The molecule has 0 radical (unpaired) electrons. The van der Waals surface area contributed by atoms with Crippen LogP contribution in [-0.2, 0) is 6.42 Å². The van der Waals surface area contributed by atoms with Crippen LogP contribution in [0.5, 0.6) is 5.75 Å². The molecule has 2 nitrogen and oxygen atoms in total. The van der Waals surface area contributed by atoms with E-state index in [0.29, 0.717) is 12.5 Å². The summed E-state index contributed by atoms with van der Waals surface area (Å²) in [6.45, 7) is 2.08. The maximum atomic E-state index is 10.4. The van der Waals surface area contributed by atoms with Crippen LogP contribution in [0, 0.1) is 6.92 Å². The average molecular weight is 268 g/mol. The molecule has 3 rings (SSSR count). The fraction of sp³-hybridized carbons (Fsp3) is 0.333. The van der Waals surface area contributed by atoms with E-state index in [2.05, 4.69) is 19.1 Å². The fourth-order valence-electron chi connectivity index (χ4n) is 2.34. The Morgan fingerprint density at radius 2 is 1.95 bits per heavy atom. The first-order valence-corrected chi connectivity index (χ1v) is 7.21. The van der Waals surface area contributed by atoms with Gasteiger partial charge >= 0.3 is 0 Å². The van der Waals surface area contributed by atoms with Gasteiger partial charge in [-0.2, -0.15) is 0 Å². The monoisotopic (exact) mass is 268 g/mol. The van der Waals surface area contributed by atoms with Gasteiger partial charge in [-0.15, -0.1) is 0 Å². The van der Waals surface area contributed by atoms with Crippen LogP contribution in [0.4, 0.5) is 0 Å². The molecule has 0 heterocycles. The SMILES string of the molecule is Cc1ccccc1CC(O)c1cccc(OC2CC2)c1. The highest BCUT2D eigenvalue weighted by Crippen LogP contribution is 2.29. The minimum atomic E-state index is -0.487. The first-order valence-electron chi connectivity index (χ1n) is 7.21. The minimum absolute atomic E-state index is 0.388. The topological polar surface area (TPSA) is 29.5 Å². The van der Waals surface area contributed by atoms with Gasteiger partial charge in [-0.25, -0.2) is 0 Å². The Kier molecular flexibility index (Phi) is 3.75. The van der Waals surface area contributed by atoms with E-state index >= 15 is 0 Å². The van der Waals surface area contributed by atoms with Gasteiger partial charge in [-0.05, 0) is 48.6 Å². The highest BCUT2D eigenvalue weighted by atomic mass is 16.5. The van der Waals surface area contributed by atoms with E-state index in [1.54, 1.807) is 0 Å². The molecule has 2 aromatic carbocycles. The van der Waals surface area contributed by atoms with Gasteiger partial charge in [0.05, 0.1) is 12.2 Å². The van der Waals surface area contributed by atoms with E-state index < -0.39 is 6.10 Å². The highest BCUT2D eigenvalue weighted by molar-refractivity contribution is 5.33. The molecule has 20 heavy (non-hydrogen) atoms.